The lowest BCUT2D eigenvalue weighted by atomic mass is 9.84. The molecule has 19 heavy (non-hydrogen) atoms. The Morgan fingerprint density at radius 1 is 1.26 bits per heavy atom. The lowest BCUT2D eigenvalue weighted by Gasteiger charge is -2.34. The fraction of sp³-hybridized carbons (Fsp3) is 0.647. The van der Waals surface area contributed by atoms with Gasteiger partial charge in [0.1, 0.15) is 0 Å². The molecule has 0 bridgehead atoms. The van der Waals surface area contributed by atoms with E-state index in [1.165, 1.54) is 29.5 Å². The molecule has 2 N–H and O–H groups in total. The Balaban J connectivity index is 2.21. The molecule has 2 rings (SSSR count). The van der Waals surface area contributed by atoms with Gasteiger partial charge in [-0.2, -0.15) is 0 Å². The van der Waals surface area contributed by atoms with Gasteiger partial charge in [-0.05, 0) is 62.8 Å². The SMILES string of the molecule is CCC1CCNC(C(O)c2c(C)cc(C)cc2C)C1. The predicted octanol–water partition coefficient (Wildman–Crippen LogP) is 3.42. The Labute approximate surface area is 117 Å². The first-order valence-electron chi connectivity index (χ1n) is 7.52. The first kappa shape index (κ1) is 14.5. The van der Waals surface area contributed by atoms with Crippen molar-refractivity contribution < 1.29 is 5.11 Å². The zero-order valence-electron chi connectivity index (χ0n) is 12.7. The van der Waals surface area contributed by atoms with Crippen molar-refractivity contribution in [3.63, 3.8) is 0 Å². The van der Waals surface area contributed by atoms with Gasteiger partial charge in [0.25, 0.3) is 0 Å². The number of benzene rings is 1. The predicted molar refractivity (Wildman–Crippen MR) is 80.4 cm³/mol. The average molecular weight is 261 g/mol. The minimum absolute atomic E-state index is 0.207. The van der Waals surface area contributed by atoms with Crippen LogP contribution in [0.2, 0.25) is 0 Å². The van der Waals surface area contributed by atoms with E-state index in [9.17, 15) is 5.11 Å². The number of piperidine rings is 1. The number of hydrogen-bond donors (Lipinski definition) is 2. The molecule has 0 aromatic heterocycles. The Bertz CT molecular complexity index is 418. The van der Waals surface area contributed by atoms with Crippen LogP contribution in [0.5, 0.6) is 0 Å². The Morgan fingerprint density at radius 3 is 2.47 bits per heavy atom. The van der Waals surface area contributed by atoms with Gasteiger partial charge in [0.2, 0.25) is 0 Å². The van der Waals surface area contributed by atoms with Crippen LogP contribution in [0.3, 0.4) is 0 Å². The summed E-state index contributed by atoms with van der Waals surface area (Å²) in [6.07, 6.45) is 3.17. The fourth-order valence-corrected chi connectivity index (χ4v) is 3.50. The molecule has 2 nitrogen and oxygen atoms in total. The topological polar surface area (TPSA) is 32.3 Å². The van der Waals surface area contributed by atoms with Crippen molar-refractivity contribution in [1.29, 1.82) is 0 Å². The van der Waals surface area contributed by atoms with Gasteiger partial charge >= 0.3 is 0 Å². The van der Waals surface area contributed by atoms with Gasteiger partial charge in [0, 0.05) is 6.04 Å². The third-order valence-corrected chi connectivity index (χ3v) is 4.54. The first-order valence-corrected chi connectivity index (χ1v) is 7.52. The summed E-state index contributed by atoms with van der Waals surface area (Å²) in [7, 11) is 0. The molecule has 1 fully saturated rings. The lowest BCUT2D eigenvalue weighted by Crippen LogP contribution is -2.42. The minimum atomic E-state index is -0.380. The molecule has 1 aromatic rings. The molecule has 0 radical (unpaired) electrons. The number of rotatable bonds is 3. The molecular weight excluding hydrogens is 234 g/mol. The van der Waals surface area contributed by atoms with Gasteiger partial charge in [-0.15, -0.1) is 0 Å². The summed E-state index contributed by atoms with van der Waals surface area (Å²) < 4.78 is 0. The number of nitrogens with one attached hydrogen (secondary N) is 1. The van der Waals surface area contributed by atoms with E-state index in [1.54, 1.807) is 0 Å². The smallest absolute Gasteiger partial charge is 0.0948 e. The largest absolute Gasteiger partial charge is 0.387 e. The third-order valence-electron chi connectivity index (χ3n) is 4.54. The quantitative estimate of drug-likeness (QED) is 0.874. The van der Waals surface area contributed by atoms with Gasteiger partial charge in [0.15, 0.2) is 0 Å². The van der Waals surface area contributed by atoms with E-state index < -0.39 is 0 Å². The molecule has 1 heterocycles. The van der Waals surface area contributed by atoms with Gasteiger partial charge in [-0.3, -0.25) is 0 Å². The van der Waals surface area contributed by atoms with E-state index in [0.29, 0.717) is 0 Å². The highest BCUT2D eigenvalue weighted by Crippen LogP contribution is 2.31. The van der Waals surface area contributed by atoms with Crippen molar-refractivity contribution in [2.24, 2.45) is 5.92 Å². The molecule has 0 amide bonds. The van der Waals surface area contributed by atoms with E-state index in [2.05, 4.69) is 45.1 Å². The Kier molecular flexibility index (Phi) is 4.64. The second-order valence-corrected chi connectivity index (χ2v) is 6.12. The van der Waals surface area contributed by atoms with Crippen LogP contribution < -0.4 is 5.32 Å². The highest BCUT2D eigenvalue weighted by Gasteiger charge is 2.28. The summed E-state index contributed by atoms with van der Waals surface area (Å²) in [4.78, 5) is 0. The maximum atomic E-state index is 10.7. The van der Waals surface area contributed by atoms with Crippen molar-refractivity contribution in [2.75, 3.05) is 6.54 Å². The molecular formula is C17H27NO. The lowest BCUT2D eigenvalue weighted by molar-refractivity contribution is 0.0968. The minimum Gasteiger partial charge on any atom is -0.387 e. The molecule has 1 aliphatic rings. The summed E-state index contributed by atoms with van der Waals surface area (Å²) in [5.74, 6) is 0.756. The Morgan fingerprint density at radius 2 is 1.89 bits per heavy atom. The maximum Gasteiger partial charge on any atom is 0.0948 e. The van der Waals surface area contributed by atoms with Crippen LogP contribution in [0.1, 0.15) is 54.5 Å². The first-order chi connectivity index (χ1) is 9.02. The Hall–Kier alpha value is -0.860. The molecule has 0 aliphatic carbocycles. The van der Waals surface area contributed by atoms with Crippen LogP contribution >= 0.6 is 0 Å². The molecule has 0 saturated carbocycles. The van der Waals surface area contributed by atoms with Crippen LogP contribution in [-0.4, -0.2) is 17.7 Å². The van der Waals surface area contributed by atoms with E-state index in [1.807, 2.05) is 0 Å². The van der Waals surface area contributed by atoms with Gasteiger partial charge in [-0.1, -0.05) is 31.0 Å². The molecule has 3 unspecified atom stereocenters. The monoisotopic (exact) mass is 261 g/mol. The molecule has 106 valence electrons. The summed E-state index contributed by atoms with van der Waals surface area (Å²) in [6, 6.07) is 4.55. The van der Waals surface area contributed by atoms with E-state index in [-0.39, 0.29) is 12.1 Å². The number of aliphatic hydroxyl groups is 1. The zero-order valence-corrected chi connectivity index (χ0v) is 12.7. The summed E-state index contributed by atoms with van der Waals surface area (Å²) in [6.45, 7) is 9.62. The van der Waals surface area contributed by atoms with E-state index >= 15 is 0 Å². The van der Waals surface area contributed by atoms with Gasteiger partial charge in [0.05, 0.1) is 6.10 Å². The van der Waals surface area contributed by atoms with Gasteiger partial charge < -0.3 is 10.4 Å². The zero-order chi connectivity index (χ0) is 14.0. The molecule has 0 spiro atoms. The van der Waals surface area contributed by atoms with Crippen LogP contribution in [0.25, 0.3) is 0 Å². The average Bonchev–Trinajstić information content (AvgIpc) is 2.37. The third kappa shape index (κ3) is 3.18. The normalized spacial score (nSPS) is 25.3. The van der Waals surface area contributed by atoms with Crippen molar-refractivity contribution >= 4 is 0 Å². The maximum absolute atomic E-state index is 10.7. The van der Waals surface area contributed by atoms with Crippen molar-refractivity contribution in [2.45, 2.75) is 59.1 Å². The van der Waals surface area contributed by atoms with Crippen LogP contribution in [0.4, 0.5) is 0 Å². The summed E-state index contributed by atoms with van der Waals surface area (Å²) >= 11 is 0. The standard InChI is InChI=1S/C17H27NO/c1-5-14-6-7-18-15(10-14)17(19)16-12(3)8-11(2)9-13(16)4/h8-9,14-15,17-19H,5-7,10H2,1-4H3. The van der Waals surface area contributed by atoms with Crippen molar-refractivity contribution in [1.82, 2.24) is 5.32 Å². The van der Waals surface area contributed by atoms with Gasteiger partial charge in [-0.25, -0.2) is 0 Å². The highest BCUT2D eigenvalue weighted by molar-refractivity contribution is 5.39. The van der Waals surface area contributed by atoms with E-state index in [4.69, 9.17) is 0 Å². The molecule has 2 heteroatoms. The van der Waals surface area contributed by atoms with Crippen molar-refractivity contribution in [3.8, 4) is 0 Å². The number of aliphatic hydroxyl groups excluding tert-OH is 1. The molecule has 1 saturated heterocycles. The van der Waals surface area contributed by atoms with Crippen LogP contribution in [0.15, 0.2) is 12.1 Å². The summed E-state index contributed by atoms with van der Waals surface area (Å²) in [5.41, 5.74) is 4.82. The molecule has 1 aromatic carbocycles. The fourth-order valence-electron chi connectivity index (χ4n) is 3.50. The van der Waals surface area contributed by atoms with Crippen LogP contribution in [-0.2, 0) is 0 Å². The van der Waals surface area contributed by atoms with E-state index in [0.717, 1.165) is 24.4 Å². The molecule has 3 atom stereocenters. The van der Waals surface area contributed by atoms with Crippen molar-refractivity contribution in [3.05, 3.63) is 34.4 Å². The second kappa shape index (κ2) is 6.06. The second-order valence-electron chi connectivity index (χ2n) is 6.12. The molecule has 1 aliphatic heterocycles. The van der Waals surface area contributed by atoms with Crippen LogP contribution in [0, 0.1) is 26.7 Å². The number of aryl methyl sites for hydroxylation is 3. The highest BCUT2D eigenvalue weighted by atomic mass is 16.3. The summed E-state index contributed by atoms with van der Waals surface area (Å²) in [5, 5.41) is 14.2. The number of hydrogen-bond acceptors (Lipinski definition) is 2.